The number of tetrazole rings is 1. The Labute approximate surface area is 108 Å². The average molecular weight is 270 g/mol. The van der Waals surface area contributed by atoms with Crippen LogP contribution in [0.2, 0.25) is 0 Å². The molecule has 0 aromatic carbocycles. The van der Waals surface area contributed by atoms with Gasteiger partial charge in [-0.15, -0.1) is 5.10 Å². The first-order valence-electron chi connectivity index (χ1n) is 5.53. The molecule has 0 saturated heterocycles. The zero-order valence-electron chi connectivity index (χ0n) is 10.1. The summed E-state index contributed by atoms with van der Waals surface area (Å²) >= 11 is 1.39. The second-order valence-electron chi connectivity index (χ2n) is 3.90. The van der Waals surface area contributed by atoms with Crippen molar-refractivity contribution in [1.29, 1.82) is 0 Å². The summed E-state index contributed by atoms with van der Waals surface area (Å²) in [7, 11) is 0. The van der Waals surface area contributed by atoms with Gasteiger partial charge in [0.05, 0.1) is 18.9 Å². The van der Waals surface area contributed by atoms with Crippen LogP contribution in [0.25, 0.3) is 0 Å². The summed E-state index contributed by atoms with van der Waals surface area (Å²) in [5.41, 5.74) is 0. The van der Waals surface area contributed by atoms with E-state index in [1.54, 1.807) is 0 Å². The van der Waals surface area contributed by atoms with Crippen molar-refractivity contribution < 1.29 is 9.63 Å². The van der Waals surface area contributed by atoms with E-state index in [1.807, 2.05) is 13.8 Å². The first-order valence-corrected chi connectivity index (χ1v) is 6.51. The Kier molecular flexibility index (Phi) is 4.26. The van der Waals surface area contributed by atoms with Gasteiger partial charge in [-0.3, -0.25) is 0 Å². The fourth-order valence-corrected chi connectivity index (χ4v) is 1.96. The first-order chi connectivity index (χ1) is 8.70. The topological polar surface area (TPSA) is 103 Å². The molecule has 2 heterocycles. The van der Waals surface area contributed by atoms with Gasteiger partial charge in [-0.2, -0.15) is 4.98 Å². The van der Waals surface area contributed by atoms with Gasteiger partial charge in [0.2, 0.25) is 11.0 Å². The lowest BCUT2D eigenvalue weighted by molar-refractivity contribution is 0.262. The predicted octanol–water partition coefficient (Wildman–Crippen LogP) is 0.464. The van der Waals surface area contributed by atoms with Gasteiger partial charge in [-0.1, -0.05) is 30.8 Å². The van der Waals surface area contributed by atoms with E-state index in [-0.39, 0.29) is 12.5 Å². The molecule has 2 aromatic heterocycles. The summed E-state index contributed by atoms with van der Waals surface area (Å²) in [6, 6.07) is 0. The van der Waals surface area contributed by atoms with Crippen LogP contribution in [0.3, 0.4) is 0 Å². The number of aliphatic hydroxyl groups excluding tert-OH is 1. The van der Waals surface area contributed by atoms with Crippen LogP contribution in [0.4, 0.5) is 0 Å². The molecule has 0 spiro atoms. The van der Waals surface area contributed by atoms with Crippen molar-refractivity contribution in [3.63, 3.8) is 0 Å². The summed E-state index contributed by atoms with van der Waals surface area (Å²) in [6.07, 6.45) is 0. The monoisotopic (exact) mass is 270 g/mol. The smallest absolute Gasteiger partial charge is 0.237 e. The molecule has 18 heavy (non-hydrogen) atoms. The summed E-state index contributed by atoms with van der Waals surface area (Å²) < 4.78 is 6.65. The minimum Gasteiger partial charge on any atom is -0.394 e. The molecule has 0 aliphatic carbocycles. The highest BCUT2D eigenvalue weighted by Gasteiger charge is 2.12. The van der Waals surface area contributed by atoms with Gasteiger partial charge in [0.15, 0.2) is 5.82 Å². The van der Waals surface area contributed by atoms with Crippen LogP contribution in [0.5, 0.6) is 0 Å². The molecule has 2 rings (SSSR count). The molecule has 0 amide bonds. The molecule has 2 aromatic rings. The maximum Gasteiger partial charge on any atom is 0.237 e. The number of hydrogen-bond donors (Lipinski definition) is 1. The highest BCUT2D eigenvalue weighted by molar-refractivity contribution is 7.98. The van der Waals surface area contributed by atoms with E-state index < -0.39 is 0 Å². The van der Waals surface area contributed by atoms with Gasteiger partial charge >= 0.3 is 0 Å². The van der Waals surface area contributed by atoms with Crippen LogP contribution in [-0.4, -0.2) is 42.1 Å². The lowest BCUT2D eigenvalue weighted by atomic mass is 10.2. The van der Waals surface area contributed by atoms with Gasteiger partial charge in [-0.05, 0) is 10.4 Å². The molecule has 0 aliphatic heterocycles. The van der Waals surface area contributed by atoms with Crippen molar-refractivity contribution in [3.8, 4) is 0 Å². The van der Waals surface area contributed by atoms with Crippen LogP contribution >= 0.6 is 11.8 Å². The lowest BCUT2D eigenvalue weighted by Gasteiger charge is -1.99. The van der Waals surface area contributed by atoms with Gasteiger partial charge < -0.3 is 9.63 Å². The summed E-state index contributed by atoms with van der Waals surface area (Å²) in [5.74, 6) is 1.99. The second kappa shape index (κ2) is 5.91. The zero-order chi connectivity index (χ0) is 13.0. The normalized spacial score (nSPS) is 11.3. The van der Waals surface area contributed by atoms with E-state index in [0.717, 1.165) is 0 Å². The molecule has 1 N–H and O–H groups in total. The molecule has 8 nitrogen and oxygen atoms in total. The van der Waals surface area contributed by atoms with Crippen LogP contribution < -0.4 is 0 Å². The minimum atomic E-state index is -0.00332. The fraction of sp³-hybridized carbons (Fsp3) is 0.667. The van der Waals surface area contributed by atoms with Gasteiger partial charge in [0.25, 0.3) is 0 Å². The quantitative estimate of drug-likeness (QED) is 0.755. The predicted molar refractivity (Wildman–Crippen MR) is 62.9 cm³/mol. The number of aliphatic hydroxyl groups is 1. The molecule has 0 bridgehead atoms. The molecule has 98 valence electrons. The van der Waals surface area contributed by atoms with E-state index >= 15 is 0 Å². The fourth-order valence-electron chi connectivity index (χ4n) is 1.22. The molecule has 9 heteroatoms. The van der Waals surface area contributed by atoms with E-state index in [2.05, 4.69) is 25.7 Å². The Morgan fingerprint density at radius 3 is 2.94 bits per heavy atom. The van der Waals surface area contributed by atoms with Crippen molar-refractivity contribution in [1.82, 2.24) is 30.3 Å². The van der Waals surface area contributed by atoms with Crippen LogP contribution in [0.15, 0.2) is 9.68 Å². The molecule has 0 atom stereocenters. The molecule has 0 radical (unpaired) electrons. The Morgan fingerprint density at radius 2 is 2.28 bits per heavy atom. The lowest BCUT2D eigenvalue weighted by Crippen LogP contribution is -2.05. The van der Waals surface area contributed by atoms with Gasteiger partial charge in [0, 0.05) is 5.92 Å². The van der Waals surface area contributed by atoms with E-state index in [1.165, 1.54) is 16.4 Å². The maximum absolute atomic E-state index is 8.85. The summed E-state index contributed by atoms with van der Waals surface area (Å²) in [6.45, 7) is 4.38. The van der Waals surface area contributed by atoms with Crippen molar-refractivity contribution in [2.45, 2.75) is 37.2 Å². The Morgan fingerprint density at radius 1 is 1.44 bits per heavy atom. The highest BCUT2D eigenvalue weighted by atomic mass is 32.2. The molecular formula is C9H14N6O2S. The Bertz CT molecular complexity index is 497. The number of nitrogens with zero attached hydrogens (tertiary/aromatic N) is 6. The Hall–Kier alpha value is -1.48. The van der Waals surface area contributed by atoms with E-state index in [9.17, 15) is 0 Å². The van der Waals surface area contributed by atoms with Crippen LogP contribution in [0, 0.1) is 0 Å². The number of hydrogen-bond acceptors (Lipinski definition) is 8. The van der Waals surface area contributed by atoms with Crippen LogP contribution in [0.1, 0.15) is 31.5 Å². The third kappa shape index (κ3) is 3.05. The largest absolute Gasteiger partial charge is 0.394 e. The summed E-state index contributed by atoms with van der Waals surface area (Å²) in [5, 5.41) is 24.5. The molecule has 0 aliphatic rings. The van der Waals surface area contributed by atoms with E-state index in [4.69, 9.17) is 9.63 Å². The van der Waals surface area contributed by atoms with E-state index in [0.29, 0.717) is 29.2 Å². The van der Waals surface area contributed by atoms with Gasteiger partial charge in [0.1, 0.15) is 0 Å². The SMILES string of the molecule is CC(C)c1noc(CSc2nnnn2CCO)n1. The third-order valence-electron chi connectivity index (χ3n) is 2.14. The number of rotatable bonds is 6. The van der Waals surface area contributed by atoms with Crippen molar-refractivity contribution in [2.75, 3.05) is 6.61 Å². The summed E-state index contributed by atoms with van der Waals surface area (Å²) in [4.78, 5) is 4.26. The van der Waals surface area contributed by atoms with Crippen molar-refractivity contribution >= 4 is 11.8 Å². The number of aromatic nitrogens is 6. The van der Waals surface area contributed by atoms with Gasteiger partial charge in [-0.25, -0.2) is 4.68 Å². The van der Waals surface area contributed by atoms with Crippen molar-refractivity contribution in [3.05, 3.63) is 11.7 Å². The highest BCUT2D eigenvalue weighted by Crippen LogP contribution is 2.20. The Balaban J connectivity index is 1.95. The standard InChI is InChI=1S/C9H14N6O2S/c1-6(2)8-10-7(17-12-8)5-18-9-11-13-14-15(9)3-4-16/h6,16H,3-5H2,1-2H3. The molecular weight excluding hydrogens is 256 g/mol. The maximum atomic E-state index is 8.85. The molecule has 0 fully saturated rings. The van der Waals surface area contributed by atoms with Crippen LogP contribution in [-0.2, 0) is 12.3 Å². The third-order valence-corrected chi connectivity index (χ3v) is 3.08. The molecule has 0 saturated carbocycles. The number of thioether (sulfide) groups is 1. The minimum absolute atomic E-state index is 0.00332. The second-order valence-corrected chi connectivity index (χ2v) is 4.84. The van der Waals surface area contributed by atoms with Crippen molar-refractivity contribution in [2.24, 2.45) is 0 Å². The molecule has 0 unspecified atom stereocenters. The first kappa shape index (κ1) is 13.0. The zero-order valence-corrected chi connectivity index (χ0v) is 11.0. The average Bonchev–Trinajstić information content (AvgIpc) is 2.95.